The van der Waals surface area contributed by atoms with Gasteiger partial charge in [0, 0.05) is 7.11 Å². The fourth-order valence-corrected chi connectivity index (χ4v) is 1.59. The van der Waals surface area contributed by atoms with Gasteiger partial charge >= 0.3 is 0 Å². The molecule has 1 unspecified atom stereocenters. The van der Waals surface area contributed by atoms with Crippen molar-refractivity contribution in [3.05, 3.63) is 11.7 Å². The van der Waals surface area contributed by atoms with Crippen molar-refractivity contribution in [1.82, 2.24) is 10.1 Å². The Labute approximate surface area is 101 Å². The summed E-state index contributed by atoms with van der Waals surface area (Å²) in [6, 6.07) is 0. The van der Waals surface area contributed by atoms with Crippen LogP contribution < -0.4 is 0 Å². The molecule has 1 atom stereocenters. The Kier molecular flexibility index (Phi) is 4.74. The lowest BCUT2D eigenvalue weighted by atomic mass is 10.1. The van der Waals surface area contributed by atoms with Gasteiger partial charge in [0.05, 0.1) is 17.4 Å². The van der Waals surface area contributed by atoms with Gasteiger partial charge < -0.3 is 9.26 Å². The van der Waals surface area contributed by atoms with Crippen LogP contribution in [0.5, 0.6) is 0 Å². The minimum Gasteiger partial charge on any atom is -0.378 e. The number of ether oxygens (including phenoxy) is 1. The quantitative estimate of drug-likeness (QED) is 0.724. The van der Waals surface area contributed by atoms with E-state index >= 15 is 0 Å². The molecule has 0 fully saturated rings. The van der Waals surface area contributed by atoms with Crippen molar-refractivity contribution in [3.63, 3.8) is 0 Å². The van der Waals surface area contributed by atoms with Crippen molar-refractivity contribution in [3.8, 4) is 0 Å². The van der Waals surface area contributed by atoms with E-state index in [4.69, 9.17) is 20.9 Å². The standard InChI is InChI=1S/C11H19ClN2O2/c1-5-6-8(12)10-13-9(16-14-10)7-11(2,3)15-4/h8H,5-7H2,1-4H3. The van der Waals surface area contributed by atoms with Gasteiger partial charge in [-0.15, -0.1) is 11.6 Å². The van der Waals surface area contributed by atoms with Gasteiger partial charge in [0.1, 0.15) is 0 Å². The second kappa shape index (κ2) is 5.64. The molecule has 5 heteroatoms. The highest BCUT2D eigenvalue weighted by atomic mass is 35.5. The molecule has 1 aromatic rings. The van der Waals surface area contributed by atoms with Crippen molar-refractivity contribution in [1.29, 1.82) is 0 Å². The molecule has 0 saturated carbocycles. The lowest BCUT2D eigenvalue weighted by Crippen LogP contribution is -2.25. The van der Waals surface area contributed by atoms with Crippen molar-refractivity contribution in [2.75, 3.05) is 7.11 Å². The van der Waals surface area contributed by atoms with Crippen LogP contribution >= 0.6 is 11.6 Å². The topological polar surface area (TPSA) is 48.2 Å². The molecule has 16 heavy (non-hydrogen) atoms. The zero-order valence-electron chi connectivity index (χ0n) is 10.3. The first-order chi connectivity index (χ1) is 7.48. The summed E-state index contributed by atoms with van der Waals surface area (Å²) in [4.78, 5) is 4.27. The SMILES string of the molecule is CCCC(Cl)c1noc(CC(C)(C)OC)n1. The van der Waals surface area contributed by atoms with Crippen LogP contribution in [0.15, 0.2) is 4.52 Å². The summed E-state index contributed by atoms with van der Waals surface area (Å²) in [5.41, 5.74) is -0.295. The Hall–Kier alpha value is -0.610. The number of hydrogen-bond donors (Lipinski definition) is 0. The van der Waals surface area contributed by atoms with E-state index in [1.807, 2.05) is 13.8 Å². The lowest BCUT2D eigenvalue weighted by Gasteiger charge is -2.19. The van der Waals surface area contributed by atoms with E-state index in [0.29, 0.717) is 18.1 Å². The van der Waals surface area contributed by atoms with Gasteiger partial charge in [-0.2, -0.15) is 4.98 Å². The third-order valence-electron chi connectivity index (χ3n) is 2.44. The number of aromatic nitrogens is 2. The third kappa shape index (κ3) is 3.76. The minimum absolute atomic E-state index is 0.159. The van der Waals surface area contributed by atoms with Crippen molar-refractivity contribution >= 4 is 11.6 Å². The molecule has 1 aromatic heterocycles. The van der Waals surface area contributed by atoms with E-state index < -0.39 is 0 Å². The van der Waals surface area contributed by atoms with Crippen LogP contribution in [0.3, 0.4) is 0 Å². The van der Waals surface area contributed by atoms with Crippen molar-refractivity contribution in [2.24, 2.45) is 0 Å². The lowest BCUT2D eigenvalue weighted by molar-refractivity contribution is 0.0170. The molecule has 0 spiro atoms. The van der Waals surface area contributed by atoms with Crippen LogP contribution in [0.2, 0.25) is 0 Å². The van der Waals surface area contributed by atoms with Gasteiger partial charge in [0.15, 0.2) is 5.82 Å². The molecule has 0 aromatic carbocycles. The maximum Gasteiger partial charge on any atom is 0.229 e. The fraction of sp³-hybridized carbons (Fsp3) is 0.818. The highest BCUT2D eigenvalue weighted by molar-refractivity contribution is 6.20. The Balaban J connectivity index is 2.64. The van der Waals surface area contributed by atoms with Crippen LogP contribution in [0.1, 0.15) is 50.7 Å². The average Bonchev–Trinajstić information content (AvgIpc) is 2.66. The van der Waals surface area contributed by atoms with Crippen LogP contribution in [-0.4, -0.2) is 22.9 Å². The van der Waals surface area contributed by atoms with Gasteiger partial charge in [-0.3, -0.25) is 0 Å². The Morgan fingerprint density at radius 3 is 2.75 bits per heavy atom. The fourth-order valence-electron chi connectivity index (χ4n) is 1.29. The van der Waals surface area contributed by atoms with E-state index in [0.717, 1.165) is 12.8 Å². The number of alkyl halides is 1. The molecule has 4 nitrogen and oxygen atoms in total. The van der Waals surface area contributed by atoms with E-state index in [2.05, 4.69) is 17.1 Å². The van der Waals surface area contributed by atoms with Crippen molar-refractivity contribution in [2.45, 2.75) is 51.0 Å². The van der Waals surface area contributed by atoms with Crippen LogP contribution in [0.25, 0.3) is 0 Å². The second-order valence-electron chi connectivity index (χ2n) is 4.44. The molecule has 1 rings (SSSR count). The van der Waals surface area contributed by atoms with Gasteiger partial charge in [0.25, 0.3) is 0 Å². The predicted octanol–water partition coefficient (Wildman–Crippen LogP) is 3.12. The second-order valence-corrected chi connectivity index (χ2v) is 4.97. The van der Waals surface area contributed by atoms with E-state index in [-0.39, 0.29) is 11.0 Å². The first-order valence-electron chi connectivity index (χ1n) is 5.50. The van der Waals surface area contributed by atoms with Crippen LogP contribution in [0, 0.1) is 0 Å². The molecule has 0 aliphatic heterocycles. The number of nitrogens with zero attached hydrogens (tertiary/aromatic N) is 2. The number of halogens is 1. The number of hydrogen-bond acceptors (Lipinski definition) is 4. The zero-order chi connectivity index (χ0) is 12.2. The number of rotatable bonds is 6. The summed E-state index contributed by atoms with van der Waals surface area (Å²) in [7, 11) is 1.67. The first-order valence-corrected chi connectivity index (χ1v) is 5.94. The van der Waals surface area contributed by atoms with Gasteiger partial charge in [-0.05, 0) is 20.3 Å². The maximum atomic E-state index is 6.11. The minimum atomic E-state index is -0.295. The monoisotopic (exact) mass is 246 g/mol. The summed E-state index contributed by atoms with van der Waals surface area (Å²) in [5.74, 6) is 1.15. The summed E-state index contributed by atoms with van der Waals surface area (Å²) < 4.78 is 10.4. The van der Waals surface area contributed by atoms with E-state index in [9.17, 15) is 0 Å². The van der Waals surface area contributed by atoms with Crippen molar-refractivity contribution < 1.29 is 9.26 Å². The zero-order valence-corrected chi connectivity index (χ0v) is 11.0. The highest BCUT2D eigenvalue weighted by Crippen LogP contribution is 2.23. The van der Waals surface area contributed by atoms with Crippen LogP contribution in [-0.2, 0) is 11.2 Å². The summed E-state index contributed by atoms with van der Waals surface area (Å²) >= 11 is 6.11. The van der Waals surface area contributed by atoms with E-state index in [1.54, 1.807) is 7.11 Å². The summed E-state index contributed by atoms with van der Waals surface area (Å²) in [6.45, 7) is 6.02. The molecule has 1 heterocycles. The maximum absolute atomic E-state index is 6.11. The van der Waals surface area contributed by atoms with E-state index in [1.165, 1.54) is 0 Å². The molecule has 0 saturated heterocycles. The summed E-state index contributed by atoms with van der Waals surface area (Å²) in [5, 5.41) is 3.72. The number of methoxy groups -OCH3 is 1. The molecular formula is C11H19ClN2O2. The molecule has 0 aliphatic carbocycles. The Morgan fingerprint density at radius 2 is 2.19 bits per heavy atom. The van der Waals surface area contributed by atoms with Crippen LogP contribution in [0.4, 0.5) is 0 Å². The molecule has 92 valence electrons. The smallest absolute Gasteiger partial charge is 0.229 e. The molecule has 0 bridgehead atoms. The molecule has 0 amide bonds. The average molecular weight is 247 g/mol. The molecule has 0 aliphatic rings. The van der Waals surface area contributed by atoms with Gasteiger partial charge in [-0.1, -0.05) is 18.5 Å². The normalized spacial score (nSPS) is 14.1. The Morgan fingerprint density at radius 1 is 1.50 bits per heavy atom. The molecule has 0 N–H and O–H groups in total. The van der Waals surface area contributed by atoms with Gasteiger partial charge in [0.2, 0.25) is 5.89 Å². The highest BCUT2D eigenvalue weighted by Gasteiger charge is 2.22. The first kappa shape index (κ1) is 13.5. The van der Waals surface area contributed by atoms with Gasteiger partial charge in [-0.25, -0.2) is 0 Å². The third-order valence-corrected chi connectivity index (χ3v) is 2.85. The Bertz CT molecular complexity index is 326. The summed E-state index contributed by atoms with van der Waals surface area (Å²) in [6.07, 6.45) is 2.45. The largest absolute Gasteiger partial charge is 0.378 e. The molecule has 0 radical (unpaired) electrons. The molecular weight excluding hydrogens is 228 g/mol. The predicted molar refractivity (Wildman–Crippen MR) is 62.6 cm³/mol.